The van der Waals surface area contributed by atoms with Crippen LogP contribution in [0.3, 0.4) is 0 Å². The Morgan fingerprint density at radius 3 is 2.67 bits per heavy atom. The third kappa shape index (κ3) is 6.00. The van der Waals surface area contributed by atoms with Crippen LogP contribution in [0.15, 0.2) is 46.0 Å². The number of nitrogens with zero attached hydrogens (tertiary/aromatic N) is 2. The zero-order chi connectivity index (χ0) is 23.8. The first kappa shape index (κ1) is 24.5. The van der Waals surface area contributed by atoms with Gasteiger partial charge in [-0.1, -0.05) is 43.7 Å². The van der Waals surface area contributed by atoms with E-state index in [1.54, 1.807) is 0 Å². The lowest BCUT2D eigenvalue weighted by molar-refractivity contribution is -0.886. The summed E-state index contributed by atoms with van der Waals surface area (Å²) in [5, 5.41) is 0. The zero-order valence-corrected chi connectivity index (χ0v) is 19.4. The first-order valence-corrected chi connectivity index (χ1v) is 11.5. The van der Waals surface area contributed by atoms with Crippen molar-refractivity contribution in [1.29, 1.82) is 0 Å². The average molecular weight is 457 g/mol. The van der Waals surface area contributed by atoms with Gasteiger partial charge in [0.15, 0.2) is 12.2 Å². The topological polar surface area (TPSA) is 115 Å². The van der Waals surface area contributed by atoms with Crippen LogP contribution in [0.25, 0.3) is 5.57 Å². The van der Waals surface area contributed by atoms with Gasteiger partial charge in [-0.2, -0.15) is 0 Å². The normalized spacial score (nSPS) is 15.8. The van der Waals surface area contributed by atoms with Crippen molar-refractivity contribution in [2.45, 2.75) is 32.7 Å². The Morgan fingerprint density at radius 2 is 2.03 bits per heavy atom. The molecule has 0 aliphatic carbocycles. The number of anilines is 2. The Hall–Kier alpha value is -3.17. The van der Waals surface area contributed by atoms with Crippen molar-refractivity contribution in [3.63, 3.8) is 0 Å². The molecule has 1 aliphatic heterocycles. The van der Waals surface area contributed by atoms with E-state index in [2.05, 4.69) is 23.2 Å². The number of methoxy groups -OCH3 is 1. The molecule has 178 valence electrons. The molecule has 0 saturated heterocycles. The molecule has 1 aromatic carbocycles. The maximum Gasteiger partial charge on any atom is 0.330 e. The number of carbonyl (C=O) groups is 1. The number of aromatic amines is 1. The van der Waals surface area contributed by atoms with Gasteiger partial charge in [0, 0.05) is 26.6 Å². The standard InChI is InChI=1S/C24H33N5O4/c1-3-4-12-29-22(25)21(23(31)26-24(29)32)28(15-16-33-2)20(30)17-27-13-10-19(11-14-27)18-8-6-5-7-9-18/h5-10H,3-4,11-17,25H2,1-2H3,(H,26,31,32)/p+1. The molecule has 4 N–H and O–H groups in total. The van der Waals surface area contributed by atoms with Gasteiger partial charge in [0.05, 0.1) is 19.7 Å². The van der Waals surface area contributed by atoms with Crippen LogP contribution in [0, 0.1) is 0 Å². The molecule has 33 heavy (non-hydrogen) atoms. The van der Waals surface area contributed by atoms with Gasteiger partial charge in [-0.05, 0) is 23.6 Å². The molecule has 2 aromatic rings. The van der Waals surface area contributed by atoms with E-state index >= 15 is 0 Å². The molecule has 1 aliphatic rings. The van der Waals surface area contributed by atoms with Crippen LogP contribution in [-0.4, -0.2) is 55.4 Å². The summed E-state index contributed by atoms with van der Waals surface area (Å²) >= 11 is 0. The van der Waals surface area contributed by atoms with Gasteiger partial charge in [0.1, 0.15) is 5.82 Å². The lowest BCUT2D eigenvalue weighted by Crippen LogP contribution is -3.13. The van der Waals surface area contributed by atoms with Gasteiger partial charge >= 0.3 is 5.69 Å². The van der Waals surface area contributed by atoms with Gasteiger partial charge in [0.2, 0.25) is 0 Å². The number of unbranched alkanes of at least 4 members (excludes halogenated alkanes) is 1. The van der Waals surface area contributed by atoms with Crippen molar-refractivity contribution in [3.8, 4) is 0 Å². The van der Waals surface area contributed by atoms with E-state index in [0.29, 0.717) is 6.54 Å². The second-order valence-corrected chi connectivity index (χ2v) is 8.26. The van der Waals surface area contributed by atoms with Crippen LogP contribution in [-0.2, 0) is 16.1 Å². The van der Waals surface area contributed by atoms with Crippen LogP contribution in [0.2, 0.25) is 0 Å². The number of hydrogen-bond acceptors (Lipinski definition) is 5. The molecular weight excluding hydrogens is 422 g/mol. The lowest BCUT2D eigenvalue weighted by Gasteiger charge is -2.28. The van der Waals surface area contributed by atoms with E-state index in [0.717, 1.165) is 37.3 Å². The highest BCUT2D eigenvalue weighted by atomic mass is 16.5. The van der Waals surface area contributed by atoms with Gasteiger partial charge in [-0.3, -0.25) is 24.0 Å². The fourth-order valence-electron chi connectivity index (χ4n) is 4.09. The van der Waals surface area contributed by atoms with E-state index in [-0.39, 0.29) is 37.1 Å². The molecule has 0 saturated carbocycles. The molecule has 1 amide bonds. The van der Waals surface area contributed by atoms with Gasteiger partial charge in [-0.25, -0.2) is 4.79 Å². The minimum atomic E-state index is -0.658. The van der Waals surface area contributed by atoms with Gasteiger partial charge < -0.3 is 15.4 Å². The predicted octanol–water partition coefficient (Wildman–Crippen LogP) is 0.271. The molecule has 2 heterocycles. The monoisotopic (exact) mass is 456 g/mol. The molecule has 0 fully saturated rings. The summed E-state index contributed by atoms with van der Waals surface area (Å²) in [5.41, 5.74) is 7.53. The molecule has 0 radical (unpaired) electrons. The molecule has 9 heteroatoms. The van der Waals surface area contributed by atoms with Crippen molar-refractivity contribution < 1.29 is 14.4 Å². The minimum Gasteiger partial charge on any atom is -0.383 e. The van der Waals surface area contributed by atoms with Gasteiger partial charge in [0.25, 0.3) is 11.5 Å². The first-order valence-electron chi connectivity index (χ1n) is 11.5. The number of benzene rings is 1. The third-order valence-electron chi connectivity index (χ3n) is 5.97. The number of H-pyrrole nitrogens is 1. The second kappa shape index (κ2) is 11.6. The number of carbonyl (C=O) groups excluding carboxylic acids is 1. The Morgan fingerprint density at radius 1 is 1.27 bits per heavy atom. The fourth-order valence-corrected chi connectivity index (χ4v) is 4.09. The van der Waals surface area contributed by atoms with E-state index in [4.69, 9.17) is 10.5 Å². The Balaban J connectivity index is 1.81. The van der Waals surface area contributed by atoms with Crippen molar-refractivity contribution in [3.05, 3.63) is 62.8 Å². The Labute approximate surface area is 193 Å². The quantitative estimate of drug-likeness (QED) is 0.475. The molecular formula is C24H34N5O4+. The van der Waals surface area contributed by atoms with E-state index < -0.39 is 11.2 Å². The summed E-state index contributed by atoms with van der Waals surface area (Å²) in [6.45, 7) is 4.54. The molecule has 9 nitrogen and oxygen atoms in total. The fraction of sp³-hybridized carbons (Fsp3) is 0.458. The summed E-state index contributed by atoms with van der Waals surface area (Å²) in [6.07, 6.45) is 4.64. The van der Waals surface area contributed by atoms with Crippen LogP contribution in [0.4, 0.5) is 11.5 Å². The van der Waals surface area contributed by atoms with E-state index in [1.165, 1.54) is 27.7 Å². The molecule has 0 bridgehead atoms. The number of hydrogen-bond donors (Lipinski definition) is 3. The largest absolute Gasteiger partial charge is 0.383 e. The summed E-state index contributed by atoms with van der Waals surface area (Å²) < 4.78 is 6.49. The molecule has 1 unspecified atom stereocenters. The lowest BCUT2D eigenvalue weighted by atomic mass is 9.99. The van der Waals surface area contributed by atoms with Crippen molar-refractivity contribution in [2.75, 3.05) is 50.5 Å². The van der Waals surface area contributed by atoms with Crippen molar-refractivity contribution in [1.82, 2.24) is 9.55 Å². The summed E-state index contributed by atoms with van der Waals surface area (Å²) in [5.74, 6) is -0.210. The Bertz CT molecular complexity index is 1090. The van der Waals surface area contributed by atoms with Crippen LogP contribution >= 0.6 is 0 Å². The minimum absolute atomic E-state index is 0.0153. The van der Waals surface area contributed by atoms with Crippen molar-refractivity contribution >= 4 is 23.0 Å². The van der Waals surface area contributed by atoms with E-state index in [1.807, 2.05) is 25.1 Å². The number of rotatable bonds is 10. The third-order valence-corrected chi connectivity index (χ3v) is 5.97. The predicted molar refractivity (Wildman–Crippen MR) is 129 cm³/mol. The Kier molecular flexibility index (Phi) is 8.62. The van der Waals surface area contributed by atoms with E-state index in [9.17, 15) is 14.4 Å². The zero-order valence-electron chi connectivity index (χ0n) is 19.4. The summed E-state index contributed by atoms with van der Waals surface area (Å²) in [6, 6.07) is 10.2. The number of nitrogens with one attached hydrogen (secondary N) is 2. The highest BCUT2D eigenvalue weighted by molar-refractivity contribution is 5.96. The number of aromatic nitrogens is 2. The molecule has 0 spiro atoms. The number of nitrogens with two attached hydrogens (primary N) is 1. The number of quaternary nitrogens is 1. The molecule has 1 aromatic heterocycles. The van der Waals surface area contributed by atoms with Gasteiger partial charge in [-0.15, -0.1) is 0 Å². The number of ether oxygens (including phenoxy) is 1. The molecule has 3 rings (SSSR count). The second-order valence-electron chi connectivity index (χ2n) is 8.26. The maximum absolute atomic E-state index is 13.3. The summed E-state index contributed by atoms with van der Waals surface area (Å²) in [7, 11) is 1.53. The van der Waals surface area contributed by atoms with Crippen LogP contribution in [0.5, 0.6) is 0 Å². The van der Waals surface area contributed by atoms with Crippen molar-refractivity contribution in [2.24, 2.45) is 0 Å². The smallest absolute Gasteiger partial charge is 0.330 e. The van der Waals surface area contributed by atoms with Crippen LogP contribution in [0.1, 0.15) is 31.7 Å². The SMILES string of the molecule is CCCCn1c(N)c(N(CCOC)C(=O)C[NH+]2CC=C(c3ccccc3)CC2)c(=O)[nH]c1=O. The van der Waals surface area contributed by atoms with Crippen LogP contribution < -0.4 is 26.8 Å². The summed E-state index contributed by atoms with van der Waals surface area (Å²) in [4.78, 5) is 43.1. The highest BCUT2D eigenvalue weighted by Gasteiger charge is 2.28. The number of amides is 1. The average Bonchev–Trinajstić information content (AvgIpc) is 2.82. The number of nitrogen functional groups attached to an aromatic ring is 1. The highest BCUT2D eigenvalue weighted by Crippen LogP contribution is 2.19. The maximum atomic E-state index is 13.3. The first-order chi connectivity index (χ1) is 16.0. The molecule has 1 atom stereocenters.